The predicted molar refractivity (Wildman–Crippen MR) is 62.1 cm³/mol. The monoisotopic (exact) mass is 262 g/mol. The number of rotatable bonds is 3. The summed E-state index contributed by atoms with van der Waals surface area (Å²) < 4.78 is 1.12. The summed E-state index contributed by atoms with van der Waals surface area (Å²) >= 11 is 5.16. The minimum atomic E-state index is -0.237. The highest BCUT2D eigenvalue weighted by Gasteiger charge is 2.26. The Kier molecular flexibility index (Phi) is 3.51. The number of thiophene rings is 1. The smallest absolute Gasteiger partial charge is 0.0590 e. The van der Waals surface area contributed by atoms with Crippen molar-refractivity contribution in [3.63, 3.8) is 0 Å². The number of hydrogen-bond donors (Lipinski definition) is 2. The highest BCUT2D eigenvalue weighted by Crippen LogP contribution is 2.30. The number of hydrogen-bond acceptors (Lipinski definition) is 3. The van der Waals surface area contributed by atoms with Gasteiger partial charge in [0.2, 0.25) is 0 Å². The molecule has 0 saturated carbocycles. The van der Waals surface area contributed by atoms with Crippen LogP contribution in [0, 0.1) is 0 Å². The first-order chi connectivity index (χ1) is 5.95. The summed E-state index contributed by atoms with van der Waals surface area (Å²) in [6.45, 7) is 4.06. The SMILES string of the molecule is CNC(c1cc(Br)cs1)C(C)(C)N. The summed E-state index contributed by atoms with van der Waals surface area (Å²) in [5.41, 5.74) is 5.82. The molecule has 0 amide bonds. The van der Waals surface area contributed by atoms with Crippen LogP contribution in [0.15, 0.2) is 15.9 Å². The van der Waals surface area contributed by atoms with Gasteiger partial charge in [0.1, 0.15) is 0 Å². The summed E-state index contributed by atoms with van der Waals surface area (Å²) in [5, 5.41) is 5.31. The van der Waals surface area contributed by atoms with E-state index in [4.69, 9.17) is 5.73 Å². The number of nitrogens with one attached hydrogen (secondary N) is 1. The van der Waals surface area contributed by atoms with E-state index in [0.29, 0.717) is 0 Å². The van der Waals surface area contributed by atoms with Crippen molar-refractivity contribution in [2.45, 2.75) is 25.4 Å². The number of likely N-dealkylation sites (N-methyl/N-ethyl adjacent to an activating group) is 1. The molecule has 0 aliphatic heterocycles. The zero-order valence-corrected chi connectivity index (χ0v) is 10.5. The minimum absolute atomic E-state index is 0.212. The summed E-state index contributed by atoms with van der Waals surface area (Å²) in [6.07, 6.45) is 0. The number of nitrogens with two attached hydrogens (primary N) is 1. The van der Waals surface area contributed by atoms with Crippen molar-refractivity contribution >= 4 is 27.3 Å². The fourth-order valence-corrected chi connectivity index (χ4v) is 3.11. The van der Waals surface area contributed by atoms with Gasteiger partial charge in [0, 0.05) is 20.3 Å². The first kappa shape index (κ1) is 11.2. The van der Waals surface area contributed by atoms with Crippen molar-refractivity contribution in [1.82, 2.24) is 5.32 Å². The van der Waals surface area contributed by atoms with E-state index >= 15 is 0 Å². The van der Waals surface area contributed by atoms with Crippen molar-refractivity contribution < 1.29 is 0 Å². The third-order valence-corrected chi connectivity index (χ3v) is 3.66. The van der Waals surface area contributed by atoms with Crippen LogP contribution in [0.25, 0.3) is 0 Å². The Balaban J connectivity index is 2.91. The van der Waals surface area contributed by atoms with Crippen LogP contribution in [-0.2, 0) is 0 Å². The fraction of sp³-hybridized carbons (Fsp3) is 0.556. The van der Waals surface area contributed by atoms with Gasteiger partial charge in [0.15, 0.2) is 0 Å². The van der Waals surface area contributed by atoms with Crippen LogP contribution >= 0.6 is 27.3 Å². The Hall–Kier alpha value is 0.1000. The normalized spacial score (nSPS) is 14.5. The maximum absolute atomic E-state index is 6.06. The molecule has 0 radical (unpaired) electrons. The van der Waals surface area contributed by atoms with Crippen molar-refractivity contribution in [2.75, 3.05) is 7.05 Å². The van der Waals surface area contributed by atoms with Gasteiger partial charge in [-0.15, -0.1) is 11.3 Å². The van der Waals surface area contributed by atoms with Crippen molar-refractivity contribution in [2.24, 2.45) is 5.73 Å². The molecule has 1 aromatic heterocycles. The van der Waals surface area contributed by atoms with E-state index in [-0.39, 0.29) is 11.6 Å². The van der Waals surface area contributed by atoms with Gasteiger partial charge in [-0.1, -0.05) is 0 Å². The molecule has 0 bridgehead atoms. The van der Waals surface area contributed by atoms with Gasteiger partial charge in [0.05, 0.1) is 6.04 Å². The lowest BCUT2D eigenvalue weighted by Gasteiger charge is -2.29. The van der Waals surface area contributed by atoms with E-state index in [2.05, 4.69) is 32.7 Å². The third kappa shape index (κ3) is 2.77. The van der Waals surface area contributed by atoms with Gasteiger partial charge in [0.25, 0.3) is 0 Å². The van der Waals surface area contributed by atoms with Crippen LogP contribution in [-0.4, -0.2) is 12.6 Å². The molecule has 13 heavy (non-hydrogen) atoms. The topological polar surface area (TPSA) is 38.0 Å². The Labute approximate surface area is 91.7 Å². The molecule has 0 aliphatic carbocycles. The largest absolute Gasteiger partial charge is 0.324 e. The maximum atomic E-state index is 6.06. The molecule has 2 nitrogen and oxygen atoms in total. The second-order valence-electron chi connectivity index (χ2n) is 3.71. The first-order valence-corrected chi connectivity index (χ1v) is 5.82. The second kappa shape index (κ2) is 4.09. The molecule has 1 heterocycles. The highest BCUT2D eigenvalue weighted by molar-refractivity contribution is 9.10. The second-order valence-corrected chi connectivity index (χ2v) is 5.57. The average Bonchev–Trinajstić information content (AvgIpc) is 2.34. The molecule has 0 aliphatic rings. The van der Waals surface area contributed by atoms with Crippen LogP contribution in [0.1, 0.15) is 24.8 Å². The molecule has 0 spiro atoms. The van der Waals surface area contributed by atoms with Gasteiger partial charge in [-0.3, -0.25) is 0 Å². The molecular weight excluding hydrogens is 248 g/mol. The Morgan fingerprint density at radius 2 is 2.23 bits per heavy atom. The Bertz CT molecular complexity index is 277. The van der Waals surface area contributed by atoms with E-state index in [1.54, 1.807) is 11.3 Å². The molecule has 74 valence electrons. The average molecular weight is 263 g/mol. The zero-order chi connectivity index (χ0) is 10.1. The third-order valence-electron chi connectivity index (χ3n) is 1.90. The van der Waals surface area contributed by atoms with Crippen molar-refractivity contribution in [1.29, 1.82) is 0 Å². The molecule has 1 unspecified atom stereocenters. The van der Waals surface area contributed by atoms with E-state index in [1.165, 1.54) is 4.88 Å². The molecule has 0 saturated heterocycles. The first-order valence-electron chi connectivity index (χ1n) is 4.15. The van der Waals surface area contributed by atoms with E-state index in [0.717, 1.165) is 4.47 Å². The van der Waals surface area contributed by atoms with Crippen LogP contribution in [0.3, 0.4) is 0 Å². The van der Waals surface area contributed by atoms with Gasteiger partial charge < -0.3 is 11.1 Å². The van der Waals surface area contributed by atoms with E-state index < -0.39 is 0 Å². The van der Waals surface area contributed by atoms with Crippen LogP contribution < -0.4 is 11.1 Å². The quantitative estimate of drug-likeness (QED) is 0.879. The van der Waals surface area contributed by atoms with Crippen molar-refractivity contribution in [3.05, 3.63) is 20.8 Å². The zero-order valence-electron chi connectivity index (χ0n) is 8.10. The Morgan fingerprint density at radius 1 is 1.62 bits per heavy atom. The lowest BCUT2D eigenvalue weighted by molar-refractivity contribution is 0.375. The lowest BCUT2D eigenvalue weighted by atomic mass is 9.95. The van der Waals surface area contributed by atoms with Crippen LogP contribution in [0.4, 0.5) is 0 Å². The van der Waals surface area contributed by atoms with Gasteiger partial charge in [-0.25, -0.2) is 0 Å². The molecule has 4 heteroatoms. The summed E-state index contributed by atoms with van der Waals surface area (Å²) in [6, 6.07) is 2.32. The summed E-state index contributed by atoms with van der Waals surface area (Å²) in [7, 11) is 1.94. The maximum Gasteiger partial charge on any atom is 0.0590 e. The Morgan fingerprint density at radius 3 is 2.54 bits per heavy atom. The molecule has 1 rings (SSSR count). The summed E-state index contributed by atoms with van der Waals surface area (Å²) in [5.74, 6) is 0. The predicted octanol–water partition coefficient (Wildman–Crippen LogP) is 2.51. The highest BCUT2D eigenvalue weighted by atomic mass is 79.9. The molecule has 1 atom stereocenters. The van der Waals surface area contributed by atoms with Crippen LogP contribution in [0.5, 0.6) is 0 Å². The van der Waals surface area contributed by atoms with Gasteiger partial charge in [-0.2, -0.15) is 0 Å². The molecular formula is C9H15BrN2S. The summed E-state index contributed by atoms with van der Waals surface area (Å²) in [4.78, 5) is 1.27. The fourth-order valence-electron chi connectivity index (χ4n) is 1.36. The standard InChI is InChI=1S/C9H15BrN2S/c1-9(2,11)8(12-3)7-4-6(10)5-13-7/h4-5,8,12H,11H2,1-3H3. The van der Waals surface area contributed by atoms with Crippen LogP contribution in [0.2, 0.25) is 0 Å². The molecule has 3 N–H and O–H groups in total. The van der Waals surface area contributed by atoms with Gasteiger partial charge >= 0.3 is 0 Å². The molecule has 0 fully saturated rings. The van der Waals surface area contributed by atoms with Gasteiger partial charge in [-0.05, 0) is 42.9 Å². The molecule has 0 aromatic carbocycles. The minimum Gasteiger partial charge on any atom is -0.324 e. The van der Waals surface area contributed by atoms with Crippen molar-refractivity contribution in [3.8, 4) is 0 Å². The van der Waals surface area contributed by atoms with E-state index in [9.17, 15) is 0 Å². The van der Waals surface area contributed by atoms with E-state index in [1.807, 2.05) is 20.9 Å². The number of halogens is 1. The molecule has 1 aromatic rings. The lowest BCUT2D eigenvalue weighted by Crippen LogP contribution is -2.44.